The fraction of sp³-hybridized carbons (Fsp3) is 0.333. The molecule has 1 aromatic rings. The zero-order valence-electron chi connectivity index (χ0n) is 8.54. The van der Waals surface area contributed by atoms with Crippen molar-refractivity contribution in [2.24, 2.45) is 5.73 Å². The van der Waals surface area contributed by atoms with Crippen LogP contribution >= 0.6 is 0 Å². The van der Waals surface area contributed by atoms with Crippen molar-refractivity contribution in [1.82, 2.24) is 0 Å². The molecule has 70 valence electrons. The summed E-state index contributed by atoms with van der Waals surface area (Å²) in [5, 5.41) is 0. The van der Waals surface area contributed by atoms with Crippen LogP contribution in [0.2, 0.25) is 0 Å². The zero-order valence-corrected chi connectivity index (χ0v) is 8.54. The van der Waals surface area contributed by atoms with E-state index in [-0.39, 0.29) is 6.04 Å². The van der Waals surface area contributed by atoms with Crippen molar-refractivity contribution in [1.29, 1.82) is 0 Å². The highest BCUT2D eigenvalue weighted by Crippen LogP contribution is 2.20. The first kappa shape index (κ1) is 10.0. The molecule has 1 heteroatoms. The molecule has 1 rings (SSSR count). The van der Waals surface area contributed by atoms with Crippen LogP contribution in [-0.4, -0.2) is 6.04 Å². The normalized spacial score (nSPS) is 14.3. The molecule has 0 aromatic heterocycles. The Balaban J connectivity index is 3.13. The first-order chi connectivity index (χ1) is 6.16. The Morgan fingerprint density at radius 1 is 1.38 bits per heavy atom. The van der Waals surface area contributed by atoms with Crippen molar-refractivity contribution in [2.75, 3.05) is 0 Å². The highest BCUT2D eigenvalue weighted by atomic mass is 14.6. The van der Waals surface area contributed by atoms with E-state index in [0.29, 0.717) is 0 Å². The van der Waals surface area contributed by atoms with Gasteiger partial charge in [-0.05, 0) is 37.5 Å². The topological polar surface area (TPSA) is 26.0 Å². The molecule has 2 N–H and O–H groups in total. The van der Waals surface area contributed by atoms with Crippen LogP contribution in [-0.2, 0) is 0 Å². The molecule has 0 bridgehead atoms. The standard InChI is InChI=1S/C12H17N/c1-4-11(10(3)13)12-8-6-5-7-9(12)2/h4-8,10H,13H2,1-3H3/b11-4-. The highest BCUT2D eigenvalue weighted by Gasteiger charge is 2.06. The lowest BCUT2D eigenvalue weighted by Gasteiger charge is -2.13. The van der Waals surface area contributed by atoms with Crippen molar-refractivity contribution < 1.29 is 0 Å². The maximum absolute atomic E-state index is 5.88. The zero-order chi connectivity index (χ0) is 9.84. The summed E-state index contributed by atoms with van der Waals surface area (Å²) in [7, 11) is 0. The Hall–Kier alpha value is -1.08. The molecule has 0 aliphatic rings. The van der Waals surface area contributed by atoms with E-state index in [2.05, 4.69) is 25.1 Å². The summed E-state index contributed by atoms with van der Waals surface area (Å²) in [5.41, 5.74) is 9.65. The van der Waals surface area contributed by atoms with E-state index in [1.54, 1.807) is 0 Å². The van der Waals surface area contributed by atoms with Gasteiger partial charge in [0.15, 0.2) is 0 Å². The van der Waals surface area contributed by atoms with Crippen molar-refractivity contribution in [3.05, 3.63) is 41.5 Å². The monoisotopic (exact) mass is 175 g/mol. The molecular weight excluding hydrogens is 158 g/mol. The number of allylic oxidation sites excluding steroid dienone is 1. The molecule has 13 heavy (non-hydrogen) atoms. The molecule has 0 radical (unpaired) electrons. The molecule has 1 aromatic carbocycles. The molecule has 0 aliphatic heterocycles. The van der Waals surface area contributed by atoms with Crippen LogP contribution < -0.4 is 5.73 Å². The minimum absolute atomic E-state index is 0.103. The lowest BCUT2D eigenvalue weighted by atomic mass is 9.96. The lowest BCUT2D eigenvalue weighted by molar-refractivity contribution is 0.942. The molecule has 0 saturated heterocycles. The maximum Gasteiger partial charge on any atom is 0.0268 e. The van der Waals surface area contributed by atoms with Crippen molar-refractivity contribution >= 4 is 5.57 Å². The molecule has 0 heterocycles. The predicted molar refractivity (Wildman–Crippen MR) is 58.5 cm³/mol. The van der Waals surface area contributed by atoms with E-state index in [4.69, 9.17) is 5.73 Å². The molecule has 0 amide bonds. The smallest absolute Gasteiger partial charge is 0.0268 e. The van der Waals surface area contributed by atoms with Crippen LogP contribution in [0.5, 0.6) is 0 Å². The third kappa shape index (κ3) is 2.19. The molecule has 1 atom stereocenters. The summed E-state index contributed by atoms with van der Waals surface area (Å²) in [6.07, 6.45) is 2.09. The van der Waals surface area contributed by atoms with E-state index < -0.39 is 0 Å². The number of benzene rings is 1. The summed E-state index contributed by atoms with van der Waals surface area (Å²) in [6.45, 7) is 6.16. The van der Waals surface area contributed by atoms with E-state index in [1.165, 1.54) is 16.7 Å². The van der Waals surface area contributed by atoms with Gasteiger partial charge in [0.1, 0.15) is 0 Å². The van der Waals surface area contributed by atoms with Gasteiger partial charge < -0.3 is 5.73 Å². The number of hydrogen-bond donors (Lipinski definition) is 1. The summed E-state index contributed by atoms with van der Waals surface area (Å²) in [6, 6.07) is 8.43. The average molecular weight is 175 g/mol. The van der Waals surface area contributed by atoms with Gasteiger partial charge in [-0.15, -0.1) is 0 Å². The number of nitrogens with two attached hydrogens (primary N) is 1. The van der Waals surface area contributed by atoms with Gasteiger partial charge in [-0.25, -0.2) is 0 Å². The second kappa shape index (κ2) is 4.24. The first-order valence-electron chi connectivity index (χ1n) is 4.64. The summed E-state index contributed by atoms with van der Waals surface area (Å²) in [5.74, 6) is 0. The number of hydrogen-bond acceptors (Lipinski definition) is 1. The van der Waals surface area contributed by atoms with Crippen molar-refractivity contribution in [2.45, 2.75) is 26.8 Å². The fourth-order valence-electron chi connectivity index (χ4n) is 1.56. The van der Waals surface area contributed by atoms with Crippen molar-refractivity contribution in [3.8, 4) is 0 Å². The number of rotatable bonds is 2. The third-order valence-electron chi connectivity index (χ3n) is 2.26. The third-order valence-corrected chi connectivity index (χ3v) is 2.26. The average Bonchev–Trinajstić information content (AvgIpc) is 2.09. The van der Waals surface area contributed by atoms with Crippen LogP contribution in [0, 0.1) is 6.92 Å². The second-order valence-electron chi connectivity index (χ2n) is 3.35. The summed E-state index contributed by atoms with van der Waals surface area (Å²) < 4.78 is 0. The van der Waals surface area contributed by atoms with E-state index in [0.717, 1.165) is 0 Å². The van der Waals surface area contributed by atoms with Gasteiger partial charge in [-0.3, -0.25) is 0 Å². The Bertz CT molecular complexity index is 311. The van der Waals surface area contributed by atoms with E-state index in [1.807, 2.05) is 26.0 Å². The van der Waals surface area contributed by atoms with Crippen LogP contribution in [0.1, 0.15) is 25.0 Å². The summed E-state index contributed by atoms with van der Waals surface area (Å²) in [4.78, 5) is 0. The predicted octanol–water partition coefficient (Wildman–Crippen LogP) is 2.75. The van der Waals surface area contributed by atoms with Crippen LogP contribution in [0.25, 0.3) is 5.57 Å². The van der Waals surface area contributed by atoms with E-state index >= 15 is 0 Å². The van der Waals surface area contributed by atoms with Gasteiger partial charge in [0.05, 0.1) is 0 Å². The van der Waals surface area contributed by atoms with Gasteiger partial charge in [-0.2, -0.15) is 0 Å². The van der Waals surface area contributed by atoms with Gasteiger partial charge >= 0.3 is 0 Å². The van der Waals surface area contributed by atoms with Gasteiger partial charge in [-0.1, -0.05) is 30.3 Å². The molecular formula is C12H17N. The minimum Gasteiger partial charge on any atom is -0.324 e. The Morgan fingerprint density at radius 2 is 2.00 bits per heavy atom. The van der Waals surface area contributed by atoms with Crippen LogP contribution in [0.4, 0.5) is 0 Å². The molecule has 0 aliphatic carbocycles. The molecule has 0 saturated carbocycles. The lowest BCUT2D eigenvalue weighted by Crippen LogP contribution is -2.17. The maximum atomic E-state index is 5.88. The molecule has 1 nitrogen and oxygen atoms in total. The Labute approximate surface area is 80.3 Å². The van der Waals surface area contributed by atoms with Crippen molar-refractivity contribution in [3.63, 3.8) is 0 Å². The Kier molecular flexibility index (Phi) is 3.26. The number of aryl methyl sites for hydroxylation is 1. The molecule has 0 spiro atoms. The Morgan fingerprint density at radius 3 is 2.46 bits per heavy atom. The SMILES string of the molecule is C/C=C(\c1ccccc1C)C(C)N. The minimum atomic E-state index is 0.103. The van der Waals surface area contributed by atoms with Gasteiger partial charge in [0.25, 0.3) is 0 Å². The van der Waals surface area contributed by atoms with E-state index in [9.17, 15) is 0 Å². The molecule has 0 fully saturated rings. The second-order valence-corrected chi connectivity index (χ2v) is 3.35. The fourth-order valence-corrected chi connectivity index (χ4v) is 1.56. The van der Waals surface area contributed by atoms with Gasteiger partial charge in [0.2, 0.25) is 0 Å². The summed E-state index contributed by atoms with van der Waals surface area (Å²) >= 11 is 0. The largest absolute Gasteiger partial charge is 0.324 e. The van der Waals surface area contributed by atoms with Gasteiger partial charge in [0, 0.05) is 6.04 Å². The quantitative estimate of drug-likeness (QED) is 0.735. The highest BCUT2D eigenvalue weighted by molar-refractivity contribution is 5.71. The van der Waals surface area contributed by atoms with Crippen LogP contribution in [0.3, 0.4) is 0 Å². The first-order valence-corrected chi connectivity index (χ1v) is 4.64. The molecule has 1 unspecified atom stereocenters. The van der Waals surface area contributed by atoms with Crippen LogP contribution in [0.15, 0.2) is 30.3 Å².